The minimum Gasteiger partial charge on any atom is -0.480 e. The van der Waals surface area contributed by atoms with Gasteiger partial charge in [0.1, 0.15) is 5.54 Å². The van der Waals surface area contributed by atoms with E-state index in [1.54, 1.807) is 0 Å². The molecule has 3 atom stereocenters. The molecular formula is C9H16N2O2. The maximum absolute atomic E-state index is 11.0. The first-order valence-corrected chi connectivity index (χ1v) is 4.73. The molecule has 0 spiro atoms. The zero-order chi connectivity index (χ0) is 9.64. The van der Waals surface area contributed by atoms with Crippen molar-refractivity contribution in [1.29, 1.82) is 0 Å². The first kappa shape index (κ1) is 8.97. The molecular weight excluding hydrogens is 168 g/mol. The number of carboxylic acid groups (broad SMARTS) is 1. The van der Waals surface area contributed by atoms with Gasteiger partial charge in [0, 0.05) is 19.0 Å². The zero-order valence-electron chi connectivity index (χ0n) is 7.86. The summed E-state index contributed by atoms with van der Waals surface area (Å²) in [6.45, 7) is 1.84. The van der Waals surface area contributed by atoms with E-state index in [-0.39, 0.29) is 5.92 Å². The molecule has 0 aromatic rings. The second kappa shape index (κ2) is 2.69. The molecule has 0 amide bonds. The Balaban J connectivity index is 2.22. The molecule has 4 nitrogen and oxygen atoms in total. The van der Waals surface area contributed by atoms with Gasteiger partial charge >= 0.3 is 5.97 Å². The maximum atomic E-state index is 11.0. The molecule has 0 aromatic heterocycles. The summed E-state index contributed by atoms with van der Waals surface area (Å²) >= 11 is 0. The molecule has 2 fully saturated rings. The number of hydrogen-bond donors (Lipinski definition) is 2. The first-order valence-electron chi connectivity index (χ1n) is 4.73. The van der Waals surface area contributed by atoms with Gasteiger partial charge in [-0.25, -0.2) is 0 Å². The van der Waals surface area contributed by atoms with Gasteiger partial charge in [0.2, 0.25) is 0 Å². The van der Waals surface area contributed by atoms with Crippen LogP contribution in [0.3, 0.4) is 0 Å². The smallest absolute Gasteiger partial charge is 0.324 e. The van der Waals surface area contributed by atoms with Crippen LogP contribution >= 0.6 is 0 Å². The average Bonchev–Trinajstić information content (AvgIpc) is 2.24. The van der Waals surface area contributed by atoms with E-state index >= 15 is 0 Å². The molecule has 0 radical (unpaired) electrons. The number of hydrogen-bond acceptors (Lipinski definition) is 3. The largest absolute Gasteiger partial charge is 0.480 e. The highest BCUT2D eigenvalue weighted by Crippen LogP contribution is 2.42. The van der Waals surface area contributed by atoms with Gasteiger partial charge in [-0.15, -0.1) is 0 Å². The fourth-order valence-electron chi connectivity index (χ4n) is 2.87. The van der Waals surface area contributed by atoms with Gasteiger partial charge in [0.15, 0.2) is 0 Å². The molecule has 2 rings (SSSR count). The molecule has 13 heavy (non-hydrogen) atoms. The number of aliphatic carboxylic acids is 1. The Kier molecular flexibility index (Phi) is 1.85. The summed E-state index contributed by atoms with van der Waals surface area (Å²) in [5.41, 5.74) is 4.97. The lowest BCUT2D eigenvalue weighted by Gasteiger charge is -2.31. The molecule has 3 N–H and O–H groups in total. The van der Waals surface area contributed by atoms with Gasteiger partial charge in [-0.1, -0.05) is 0 Å². The maximum Gasteiger partial charge on any atom is 0.324 e. The molecule has 1 heterocycles. The Morgan fingerprint density at radius 3 is 2.92 bits per heavy atom. The van der Waals surface area contributed by atoms with Crippen molar-refractivity contribution in [3.05, 3.63) is 0 Å². The van der Waals surface area contributed by atoms with Crippen LogP contribution in [0.4, 0.5) is 0 Å². The van der Waals surface area contributed by atoms with E-state index in [2.05, 4.69) is 4.90 Å². The second-order valence-corrected chi connectivity index (χ2v) is 4.57. The fraction of sp³-hybridized carbons (Fsp3) is 0.889. The minimum atomic E-state index is -0.949. The summed E-state index contributed by atoms with van der Waals surface area (Å²) in [6, 6.07) is 0. The highest BCUT2D eigenvalue weighted by molar-refractivity contribution is 5.79. The molecule has 1 saturated heterocycles. The number of nitrogens with zero attached hydrogens (tertiary/aromatic N) is 1. The third-order valence-electron chi connectivity index (χ3n) is 3.47. The summed E-state index contributed by atoms with van der Waals surface area (Å²) in [5.74, 6) is -0.186. The predicted molar refractivity (Wildman–Crippen MR) is 48.3 cm³/mol. The van der Waals surface area contributed by atoms with Gasteiger partial charge in [-0.05, 0) is 25.8 Å². The number of carbonyl (C=O) groups is 1. The lowest BCUT2D eigenvalue weighted by Crippen LogP contribution is -2.53. The number of likely N-dealkylation sites (tertiary alicyclic amines) is 1. The van der Waals surface area contributed by atoms with Gasteiger partial charge < -0.3 is 15.7 Å². The van der Waals surface area contributed by atoms with Gasteiger partial charge in [0.05, 0.1) is 0 Å². The van der Waals surface area contributed by atoms with Gasteiger partial charge in [0.25, 0.3) is 0 Å². The van der Waals surface area contributed by atoms with Gasteiger partial charge in [-0.3, -0.25) is 4.79 Å². The summed E-state index contributed by atoms with van der Waals surface area (Å²) < 4.78 is 0. The Bertz CT molecular complexity index is 244. The third-order valence-corrected chi connectivity index (χ3v) is 3.47. The molecule has 0 unspecified atom stereocenters. The standard InChI is InChI=1S/C9H16N2O2/c1-11-4-6-2-7(5-11)9(10,3-6)8(12)13/h6-7H,2-5,10H2,1H3,(H,12,13)/t6-,7-,9+/m1/s1. The molecule has 2 aliphatic rings. The van der Waals surface area contributed by atoms with E-state index in [0.717, 1.165) is 19.5 Å². The Morgan fingerprint density at radius 2 is 2.31 bits per heavy atom. The summed E-state index contributed by atoms with van der Waals surface area (Å²) in [7, 11) is 2.03. The normalized spacial score (nSPS) is 45.1. The van der Waals surface area contributed by atoms with E-state index in [1.165, 1.54) is 0 Å². The average molecular weight is 184 g/mol. The summed E-state index contributed by atoms with van der Waals surface area (Å²) in [4.78, 5) is 13.2. The van der Waals surface area contributed by atoms with Crippen molar-refractivity contribution < 1.29 is 9.90 Å². The molecule has 2 bridgehead atoms. The number of piperidine rings is 1. The molecule has 4 heteroatoms. The van der Waals surface area contributed by atoms with Crippen LogP contribution in [0, 0.1) is 11.8 Å². The lowest BCUT2D eigenvalue weighted by atomic mass is 9.88. The molecule has 1 aliphatic carbocycles. The van der Waals surface area contributed by atoms with Crippen molar-refractivity contribution >= 4 is 5.97 Å². The topological polar surface area (TPSA) is 66.6 Å². The zero-order valence-corrected chi connectivity index (χ0v) is 7.86. The van der Waals surface area contributed by atoms with Crippen LogP contribution in [0.25, 0.3) is 0 Å². The van der Waals surface area contributed by atoms with Crippen molar-refractivity contribution in [3.8, 4) is 0 Å². The van der Waals surface area contributed by atoms with Crippen LogP contribution in [0.2, 0.25) is 0 Å². The van der Waals surface area contributed by atoms with E-state index in [4.69, 9.17) is 10.8 Å². The number of nitrogens with two attached hydrogens (primary N) is 1. The second-order valence-electron chi connectivity index (χ2n) is 4.57. The van der Waals surface area contributed by atoms with Crippen molar-refractivity contribution in [2.24, 2.45) is 17.6 Å². The Labute approximate surface area is 77.7 Å². The van der Waals surface area contributed by atoms with E-state index in [0.29, 0.717) is 12.3 Å². The summed E-state index contributed by atoms with van der Waals surface area (Å²) in [6.07, 6.45) is 1.64. The number of carboxylic acids is 1. The monoisotopic (exact) mass is 184 g/mol. The lowest BCUT2D eigenvalue weighted by molar-refractivity contribution is -0.144. The van der Waals surface area contributed by atoms with Crippen molar-refractivity contribution in [2.75, 3.05) is 20.1 Å². The first-order chi connectivity index (χ1) is 6.02. The molecule has 0 aromatic carbocycles. The highest BCUT2D eigenvalue weighted by Gasteiger charge is 2.52. The highest BCUT2D eigenvalue weighted by atomic mass is 16.4. The van der Waals surface area contributed by atoms with Crippen LogP contribution in [-0.2, 0) is 4.79 Å². The van der Waals surface area contributed by atoms with Crippen LogP contribution in [0.15, 0.2) is 0 Å². The van der Waals surface area contributed by atoms with E-state index in [1.807, 2.05) is 7.05 Å². The van der Waals surface area contributed by atoms with Crippen LogP contribution in [0.1, 0.15) is 12.8 Å². The Hall–Kier alpha value is -0.610. The van der Waals surface area contributed by atoms with Crippen molar-refractivity contribution in [3.63, 3.8) is 0 Å². The van der Waals surface area contributed by atoms with Crippen LogP contribution in [-0.4, -0.2) is 41.7 Å². The van der Waals surface area contributed by atoms with Crippen LogP contribution < -0.4 is 5.73 Å². The third kappa shape index (κ3) is 1.25. The number of fused-ring (bicyclic) bond motifs is 2. The SMILES string of the molecule is CN1C[C@@H]2C[C@H](C1)[C@](N)(C(=O)O)C2. The Morgan fingerprint density at radius 1 is 1.62 bits per heavy atom. The quantitative estimate of drug-likeness (QED) is 0.589. The van der Waals surface area contributed by atoms with Gasteiger partial charge in [-0.2, -0.15) is 0 Å². The van der Waals surface area contributed by atoms with E-state index < -0.39 is 11.5 Å². The van der Waals surface area contributed by atoms with Crippen molar-refractivity contribution in [2.45, 2.75) is 18.4 Å². The minimum absolute atomic E-state index is 0.147. The molecule has 74 valence electrons. The molecule has 1 aliphatic heterocycles. The van der Waals surface area contributed by atoms with E-state index in [9.17, 15) is 4.79 Å². The van der Waals surface area contributed by atoms with Crippen LogP contribution in [0.5, 0.6) is 0 Å². The summed E-state index contributed by atoms with van der Waals surface area (Å²) in [5, 5.41) is 9.06. The van der Waals surface area contributed by atoms with Crippen molar-refractivity contribution in [1.82, 2.24) is 4.90 Å². The fourth-order valence-corrected chi connectivity index (χ4v) is 2.87. The molecule has 1 saturated carbocycles. The number of rotatable bonds is 1. The predicted octanol–water partition coefficient (Wildman–Crippen LogP) is -0.260.